The van der Waals surface area contributed by atoms with Crippen LogP contribution in [-0.2, 0) is 16.4 Å². The SMILES string of the molecule is CN(Cc1cnc(N)nc1)c1ncc(S(C)(=O)=O)c(C2CCCNC2)n1. The zero-order chi connectivity index (χ0) is 18.7. The van der Waals surface area contributed by atoms with Crippen LogP contribution in [0.15, 0.2) is 23.5 Å². The Balaban J connectivity index is 1.91. The molecule has 1 fully saturated rings. The number of hydrogen-bond donors (Lipinski definition) is 2. The fourth-order valence-electron chi connectivity index (χ4n) is 3.01. The van der Waals surface area contributed by atoms with Gasteiger partial charge in [-0.15, -0.1) is 0 Å². The lowest BCUT2D eigenvalue weighted by Gasteiger charge is -2.25. The maximum atomic E-state index is 12.2. The smallest absolute Gasteiger partial charge is 0.225 e. The molecule has 1 aliphatic heterocycles. The van der Waals surface area contributed by atoms with Crippen molar-refractivity contribution in [3.05, 3.63) is 29.8 Å². The van der Waals surface area contributed by atoms with Crippen LogP contribution < -0.4 is 16.0 Å². The van der Waals surface area contributed by atoms with Crippen molar-refractivity contribution in [3.63, 3.8) is 0 Å². The van der Waals surface area contributed by atoms with Crippen LogP contribution in [0.25, 0.3) is 0 Å². The third kappa shape index (κ3) is 4.25. The zero-order valence-corrected chi connectivity index (χ0v) is 15.7. The van der Waals surface area contributed by atoms with Crippen LogP contribution >= 0.6 is 0 Å². The molecule has 3 heterocycles. The lowest BCUT2D eigenvalue weighted by molar-refractivity contribution is 0.447. The summed E-state index contributed by atoms with van der Waals surface area (Å²) < 4.78 is 24.3. The number of sulfone groups is 1. The van der Waals surface area contributed by atoms with E-state index in [0.717, 1.165) is 24.9 Å². The largest absolute Gasteiger partial charge is 0.368 e. The van der Waals surface area contributed by atoms with E-state index in [9.17, 15) is 8.42 Å². The van der Waals surface area contributed by atoms with Crippen LogP contribution in [0.4, 0.5) is 11.9 Å². The summed E-state index contributed by atoms with van der Waals surface area (Å²) in [6.07, 6.45) is 7.80. The van der Waals surface area contributed by atoms with E-state index in [1.165, 1.54) is 12.5 Å². The van der Waals surface area contributed by atoms with Crippen LogP contribution in [0.3, 0.4) is 0 Å². The summed E-state index contributed by atoms with van der Waals surface area (Å²) in [4.78, 5) is 18.9. The van der Waals surface area contributed by atoms with Gasteiger partial charge in [-0.3, -0.25) is 0 Å². The Labute approximate surface area is 153 Å². The first kappa shape index (κ1) is 18.5. The highest BCUT2D eigenvalue weighted by Gasteiger charge is 2.25. The highest BCUT2D eigenvalue weighted by Crippen LogP contribution is 2.28. The van der Waals surface area contributed by atoms with Crippen LogP contribution in [0.2, 0.25) is 0 Å². The van der Waals surface area contributed by atoms with E-state index in [-0.39, 0.29) is 16.8 Å². The Bertz CT molecular complexity index is 865. The number of nitrogens with one attached hydrogen (secondary N) is 1. The van der Waals surface area contributed by atoms with E-state index in [1.807, 2.05) is 11.9 Å². The molecule has 0 amide bonds. The average Bonchev–Trinajstić information content (AvgIpc) is 2.63. The van der Waals surface area contributed by atoms with Gasteiger partial charge in [0, 0.05) is 50.3 Å². The molecular formula is C16H23N7O2S. The third-order valence-corrected chi connectivity index (χ3v) is 5.45. The van der Waals surface area contributed by atoms with Crippen molar-refractivity contribution < 1.29 is 8.42 Å². The molecule has 1 saturated heterocycles. The van der Waals surface area contributed by atoms with Crippen molar-refractivity contribution in [1.29, 1.82) is 0 Å². The Hall–Kier alpha value is -2.33. The number of piperidine rings is 1. The molecule has 0 spiro atoms. The number of anilines is 2. The van der Waals surface area contributed by atoms with Gasteiger partial charge in [0.25, 0.3) is 0 Å². The van der Waals surface area contributed by atoms with E-state index in [0.29, 0.717) is 24.7 Å². The topological polar surface area (TPSA) is 127 Å². The second-order valence-corrected chi connectivity index (χ2v) is 8.52. The molecule has 3 N–H and O–H groups in total. The van der Waals surface area contributed by atoms with Gasteiger partial charge in [-0.05, 0) is 19.4 Å². The second kappa shape index (κ2) is 7.50. The molecule has 0 aromatic carbocycles. The fourth-order valence-corrected chi connectivity index (χ4v) is 3.85. The van der Waals surface area contributed by atoms with Crippen molar-refractivity contribution in [2.24, 2.45) is 0 Å². The molecule has 2 aromatic rings. The molecule has 26 heavy (non-hydrogen) atoms. The number of aromatic nitrogens is 4. The highest BCUT2D eigenvalue weighted by molar-refractivity contribution is 7.90. The van der Waals surface area contributed by atoms with Crippen LogP contribution in [0.5, 0.6) is 0 Å². The Morgan fingerprint density at radius 1 is 1.27 bits per heavy atom. The summed E-state index contributed by atoms with van der Waals surface area (Å²) in [6, 6.07) is 0. The highest BCUT2D eigenvalue weighted by atomic mass is 32.2. The first-order valence-electron chi connectivity index (χ1n) is 8.40. The van der Waals surface area contributed by atoms with Crippen molar-refractivity contribution in [2.75, 3.05) is 37.0 Å². The summed E-state index contributed by atoms with van der Waals surface area (Å²) in [5, 5.41) is 3.31. The number of rotatable bonds is 5. The molecule has 1 unspecified atom stereocenters. The Morgan fingerprint density at radius 2 is 2.00 bits per heavy atom. The zero-order valence-electron chi connectivity index (χ0n) is 14.9. The molecule has 10 heteroatoms. The Kier molecular flexibility index (Phi) is 5.33. The first-order chi connectivity index (χ1) is 12.3. The summed E-state index contributed by atoms with van der Waals surface area (Å²) >= 11 is 0. The van der Waals surface area contributed by atoms with E-state index < -0.39 is 9.84 Å². The average molecular weight is 377 g/mol. The van der Waals surface area contributed by atoms with E-state index >= 15 is 0 Å². The molecule has 9 nitrogen and oxygen atoms in total. The minimum Gasteiger partial charge on any atom is -0.368 e. The summed E-state index contributed by atoms with van der Waals surface area (Å²) in [5.74, 6) is 0.746. The number of nitrogens with two attached hydrogens (primary N) is 1. The van der Waals surface area contributed by atoms with E-state index in [4.69, 9.17) is 5.73 Å². The van der Waals surface area contributed by atoms with Crippen LogP contribution in [-0.4, -0.2) is 54.7 Å². The molecule has 0 bridgehead atoms. The van der Waals surface area contributed by atoms with Gasteiger partial charge in [0.05, 0.1) is 11.9 Å². The van der Waals surface area contributed by atoms with Gasteiger partial charge in [-0.25, -0.2) is 28.4 Å². The molecule has 1 aliphatic rings. The number of hydrogen-bond acceptors (Lipinski definition) is 9. The standard InChI is InChI=1S/C16H23N7O2S/c1-23(10-11-6-19-15(17)20-7-11)16-21-9-13(26(2,24)25)14(22-16)12-4-3-5-18-8-12/h6-7,9,12,18H,3-5,8,10H2,1-2H3,(H2,17,19,20). The monoisotopic (exact) mass is 377 g/mol. The third-order valence-electron chi connectivity index (χ3n) is 4.34. The van der Waals surface area contributed by atoms with Gasteiger partial charge in [0.15, 0.2) is 9.84 Å². The Morgan fingerprint density at radius 3 is 2.62 bits per heavy atom. The molecule has 0 radical (unpaired) electrons. The van der Waals surface area contributed by atoms with E-state index in [1.54, 1.807) is 12.4 Å². The second-order valence-electron chi connectivity index (χ2n) is 6.54. The van der Waals surface area contributed by atoms with Crippen molar-refractivity contribution in [2.45, 2.75) is 30.2 Å². The van der Waals surface area contributed by atoms with Gasteiger partial charge >= 0.3 is 0 Å². The van der Waals surface area contributed by atoms with Gasteiger partial charge in [-0.1, -0.05) is 0 Å². The van der Waals surface area contributed by atoms with E-state index in [2.05, 4.69) is 25.3 Å². The number of nitrogens with zero attached hydrogens (tertiary/aromatic N) is 5. The van der Waals surface area contributed by atoms with Crippen molar-refractivity contribution in [1.82, 2.24) is 25.3 Å². The molecule has 140 valence electrons. The van der Waals surface area contributed by atoms with Gasteiger partial charge in [-0.2, -0.15) is 0 Å². The quantitative estimate of drug-likeness (QED) is 0.759. The predicted octanol–water partition coefficient (Wildman–Crippen LogP) is 0.356. The lowest BCUT2D eigenvalue weighted by Crippen LogP contribution is -2.30. The van der Waals surface area contributed by atoms with Crippen molar-refractivity contribution >= 4 is 21.7 Å². The summed E-state index contributed by atoms with van der Waals surface area (Å²) in [7, 11) is -1.55. The minimum atomic E-state index is -3.39. The number of nitrogen functional groups attached to an aromatic ring is 1. The molecule has 0 saturated carbocycles. The maximum absolute atomic E-state index is 12.2. The van der Waals surface area contributed by atoms with Crippen LogP contribution in [0, 0.1) is 0 Å². The fraction of sp³-hybridized carbons (Fsp3) is 0.500. The summed E-state index contributed by atoms with van der Waals surface area (Å²) in [6.45, 7) is 2.15. The molecule has 3 rings (SSSR count). The van der Waals surface area contributed by atoms with Crippen LogP contribution in [0.1, 0.15) is 30.0 Å². The van der Waals surface area contributed by atoms with Crippen molar-refractivity contribution in [3.8, 4) is 0 Å². The van der Waals surface area contributed by atoms with Gasteiger partial charge in [0.1, 0.15) is 4.90 Å². The molecule has 0 aliphatic carbocycles. The van der Waals surface area contributed by atoms with Gasteiger partial charge < -0.3 is 16.0 Å². The maximum Gasteiger partial charge on any atom is 0.225 e. The lowest BCUT2D eigenvalue weighted by atomic mass is 9.96. The van der Waals surface area contributed by atoms with Gasteiger partial charge in [0.2, 0.25) is 11.9 Å². The molecule has 1 atom stereocenters. The normalized spacial score (nSPS) is 17.8. The summed E-state index contributed by atoms with van der Waals surface area (Å²) in [5.41, 5.74) is 6.95. The molecule has 2 aromatic heterocycles. The minimum absolute atomic E-state index is 0.0588. The molecular weight excluding hydrogens is 354 g/mol. The predicted molar refractivity (Wildman–Crippen MR) is 98.5 cm³/mol. The first-order valence-corrected chi connectivity index (χ1v) is 10.3.